The zero-order valence-electron chi connectivity index (χ0n) is 14.5. The van der Waals surface area contributed by atoms with Crippen molar-refractivity contribution in [2.45, 2.75) is 25.3 Å². The topological polar surface area (TPSA) is 75.6 Å². The summed E-state index contributed by atoms with van der Waals surface area (Å²) in [6, 6.07) is 9.34. The zero-order valence-corrected chi connectivity index (χ0v) is 15.4. The maximum atomic E-state index is 12.8. The maximum absolute atomic E-state index is 12.8. The van der Waals surface area contributed by atoms with Gasteiger partial charge in [-0.3, -0.25) is 9.59 Å². The van der Waals surface area contributed by atoms with Gasteiger partial charge in [-0.25, -0.2) is 4.39 Å². The summed E-state index contributed by atoms with van der Waals surface area (Å²) in [6.45, 7) is 3.49. The number of phenolic OH excluding ortho intramolecular Hbond substituents is 1. The molecular weight excluding hydrogens is 357 g/mol. The molecule has 0 aliphatic carbocycles. The first-order valence-corrected chi connectivity index (χ1v) is 8.93. The van der Waals surface area contributed by atoms with Gasteiger partial charge in [-0.15, -0.1) is 11.8 Å². The Kier molecular flexibility index (Phi) is 7.03. The monoisotopic (exact) mass is 377 g/mol. The van der Waals surface area contributed by atoms with E-state index in [4.69, 9.17) is 4.74 Å². The van der Waals surface area contributed by atoms with E-state index in [1.807, 2.05) is 0 Å². The number of ether oxygens (including phenoxy) is 1. The van der Waals surface area contributed by atoms with E-state index in [2.05, 4.69) is 5.32 Å². The van der Waals surface area contributed by atoms with Gasteiger partial charge in [-0.2, -0.15) is 0 Å². The second kappa shape index (κ2) is 9.24. The van der Waals surface area contributed by atoms with Crippen LogP contribution in [-0.2, 0) is 20.9 Å². The lowest BCUT2D eigenvalue weighted by atomic mass is 10.1. The normalized spacial score (nSPS) is 10.4. The van der Waals surface area contributed by atoms with E-state index in [1.54, 1.807) is 38.1 Å². The average Bonchev–Trinajstić information content (AvgIpc) is 2.62. The number of benzene rings is 2. The minimum absolute atomic E-state index is 0.0370. The standard InChI is InChI=1S/C19H20FNO4S/c1-12-7-14(8-13(2)19(12)24)9-21-17(22)10-25-18(23)11-26-16-5-3-15(20)4-6-16/h3-8,24H,9-11H2,1-2H3,(H,21,22). The molecule has 0 aromatic heterocycles. The van der Waals surface area contributed by atoms with Crippen molar-refractivity contribution in [3.8, 4) is 5.75 Å². The Balaban J connectivity index is 1.71. The number of nitrogens with one attached hydrogen (secondary N) is 1. The Morgan fingerprint density at radius 2 is 1.77 bits per heavy atom. The van der Waals surface area contributed by atoms with Gasteiger partial charge in [0, 0.05) is 11.4 Å². The minimum atomic E-state index is -0.522. The fraction of sp³-hybridized carbons (Fsp3) is 0.263. The lowest BCUT2D eigenvalue weighted by Crippen LogP contribution is -2.28. The van der Waals surface area contributed by atoms with Crippen molar-refractivity contribution in [2.24, 2.45) is 0 Å². The summed E-state index contributed by atoms with van der Waals surface area (Å²) in [5, 5.41) is 12.4. The molecule has 2 rings (SSSR count). The highest BCUT2D eigenvalue weighted by Gasteiger charge is 2.09. The number of esters is 1. The molecule has 0 unspecified atom stereocenters. The summed E-state index contributed by atoms with van der Waals surface area (Å²) < 4.78 is 17.7. The Morgan fingerprint density at radius 1 is 1.15 bits per heavy atom. The van der Waals surface area contributed by atoms with E-state index in [-0.39, 0.29) is 30.5 Å². The molecule has 138 valence electrons. The number of thioether (sulfide) groups is 1. The Morgan fingerprint density at radius 3 is 2.38 bits per heavy atom. The molecule has 5 nitrogen and oxygen atoms in total. The maximum Gasteiger partial charge on any atom is 0.316 e. The van der Waals surface area contributed by atoms with Crippen molar-refractivity contribution >= 4 is 23.6 Å². The van der Waals surface area contributed by atoms with Crippen LogP contribution < -0.4 is 5.32 Å². The third-order valence-electron chi connectivity index (χ3n) is 3.58. The van der Waals surface area contributed by atoms with Crippen LogP contribution in [0, 0.1) is 19.7 Å². The number of rotatable bonds is 7. The van der Waals surface area contributed by atoms with Gasteiger partial charge in [0.1, 0.15) is 11.6 Å². The molecule has 0 saturated carbocycles. The SMILES string of the molecule is Cc1cc(CNC(=O)COC(=O)CSc2ccc(F)cc2)cc(C)c1O. The van der Waals surface area contributed by atoms with Gasteiger partial charge in [-0.1, -0.05) is 12.1 Å². The molecule has 2 aromatic rings. The van der Waals surface area contributed by atoms with Crippen LogP contribution >= 0.6 is 11.8 Å². The second-order valence-electron chi connectivity index (χ2n) is 5.76. The van der Waals surface area contributed by atoms with Crippen molar-refractivity contribution in [3.63, 3.8) is 0 Å². The highest BCUT2D eigenvalue weighted by molar-refractivity contribution is 8.00. The third-order valence-corrected chi connectivity index (χ3v) is 4.56. The summed E-state index contributed by atoms with van der Waals surface area (Å²) in [6.07, 6.45) is 0. The lowest BCUT2D eigenvalue weighted by Gasteiger charge is -2.10. The van der Waals surface area contributed by atoms with E-state index < -0.39 is 11.9 Å². The number of phenols is 1. The number of aromatic hydroxyl groups is 1. The van der Waals surface area contributed by atoms with Crippen molar-refractivity contribution in [2.75, 3.05) is 12.4 Å². The lowest BCUT2D eigenvalue weighted by molar-refractivity contribution is -0.145. The average molecular weight is 377 g/mol. The van der Waals surface area contributed by atoms with Gasteiger partial charge in [-0.05, 0) is 54.8 Å². The number of halogens is 1. The molecule has 0 saturated heterocycles. The van der Waals surface area contributed by atoms with Crippen LogP contribution in [0.25, 0.3) is 0 Å². The van der Waals surface area contributed by atoms with Crippen LogP contribution in [0.15, 0.2) is 41.3 Å². The molecule has 0 bridgehead atoms. The van der Waals surface area contributed by atoms with Gasteiger partial charge in [0.05, 0.1) is 5.75 Å². The van der Waals surface area contributed by atoms with E-state index in [0.29, 0.717) is 0 Å². The smallest absolute Gasteiger partial charge is 0.316 e. The van der Waals surface area contributed by atoms with Gasteiger partial charge < -0.3 is 15.2 Å². The van der Waals surface area contributed by atoms with E-state index >= 15 is 0 Å². The van der Waals surface area contributed by atoms with E-state index in [0.717, 1.165) is 21.6 Å². The summed E-state index contributed by atoms with van der Waals surface area (Å²) in [7, 11) is 0. The zero-order chi connectivity index (χ0) is 19.1. The minimum Gasteiger partial charge on any atom is -0.507 e. The summed E-state index contributed by atoms with van der Waals surface area (Å²) in [5.41, 5.74) is 2.32. The van der Waals surface area contributed by atoms with Gasteiger partial charge in [0.2, 0.25) is 0 Å². The van der Waals surface area contributed by atoms with Gasteiger partial charge in [0.15, 0.2) is 6.61 Å². The largest absolute Gasteiger partial charge is 0.507 e. The first-order valence-electron chi connectivity index (χ1n) is 7.95. The van der Waals surface area contributed by atoms with E-state index in [1.165, 1.54) is 23.9 Å². The predicted molar refractivity (Wildman–Crippen MR) is 97.5 cm³/mol. The molecule has 0 aliphatic rings. The summed E-state index contributed by atoms with van der Waals surface area (Å²) >= 11 is 1.21. The first kappa shape index (κ1) is 19.8. The van der Waals surface area contributed by atoms with Gasteiger partial charge >= 0.3 is 5.97 Å². The molecule has 26 heavy (non-hydrogen) atoms. The highest BCUT2D eigenvalue weighted by atomic mass is 32.2. The molecule has 2 aromatic carbocycles. The molecule has 0 aliphatic heterocycles. The Bertz CT molecular complexity index is 770. The predicted octanol–water partition coefficient (Wildman–Crippen LogP) is 3.10. The highest BCUT2D eigenvalue weighted by Crippen LogP contribution is 2.22. The fourth-order valence-corrected chi connectivity index (χ4v) is 2.96. The number of amides is 1. The molecule has 0 radical (unpaired) electrons. The fourth-order valence-electron chi connectivity index (χ4n) is 2.26. The Hall–Kier alpha value is -2.54. The number of hydrogen-bond donors (Lipinski definition) is 2. The van der Waals surface area contributed by atoms with Crippen LogP contribution in [0.3, 0.4) is 0 Å². The van der Waals surface area contributed by atoms with Crippen LogP contribution in [0.2, 0.25) is 0 Å². The molecule has 7 heteroatoms. The first-order chi connectivity index (χ1) is 12.3. The van der Waals surface area contributed by atoms with Gasteiger partial charge in [0.25, 0.3) is 5.91 Å². The molecule has 2 N–H and O–H groups in total. The summed E-state index contributed by atoms with van der Waals surface area (Å²) in [4.78, 5) is 24.2. The Labute approximate surface area is 155 Å². The number of aryl methyl sites for hydroxylation is 2. The number of carbonyl (C=O) groups excluding carboxylic acids is 2. The molecule has 1 amide bonds. The third kappa shape index (κ3) is 6.07. The quantitative estimate of drug-likeness (QED) is 0.573. The second-order valence-corrected chi connectivity index (χ2v) is 6.81. The van der Waals surface area contributed by atoms with Crippen molar-refractivity contribution in [1.82, 2.24) is 5.32 Å². The van der Waals surface area contributed by atoms with Crippen LogP contribution in [-0.4, -0.2) is 29.3 Å². The van der Waals surface area contributed by atoms with E-state index in [9.17, 15) is 19.1 Å². The molecule has 0 atom stereocenters. The molecular formula is C19H20FNO4S. The molecule has 0 heterocycles. The van der Waals surface area contributed by atoms with Crippen molar-refractivity contribution in [3.05, 3.63) is 58.9 Å². The van der Waals surface area contributed by atoms with Crippen molar-refractivity contribution < 1.29 is 23.8 Å². The van der Waals surface area contributed by atoms with Crippen LogP contribution in [0.4, 0.5) is 4.39 Å². The van der Waals surface area contributed by atoms with Crippen molar-refractivity contribution in [1.29, 1.82) is 0 Å². The molecule has 0 fully saturated rings. The number of hydrogen-bond acceptors (Lipinski definition) is 5. The molecule has 0 spiro atoms. The number of carbonyl (C=O) groups is 2. The van der Waals surface area contributed by atoms with Crippen LogP contribution in [0.1, 0.15) is 16.7 Å². The van der Waals surface area contributed by atoms with Crippen LogP contribution in [0.5, 0.6) is 5.75 Å². The summed E-state index contributed by atoms with van der Waals surface area (Å²) in [5.74, 6) is -0.991.